The lowest BCUT2D eigenvalue weighted by Crippen LogP contribution is -2.20. The van der Waals surface area contributed by atoms with Gasteiger partial charge in [0.15, 0.2) is 0 Å². The lowest BCUT2D eigenvalue weighted by molar-refractivity contribution is -0.123. The van der Waals surface area contributed by atoms with Crippen LogP contribution in [0.15, 0.2) is 91.1 Å². The molecule has 5 nitrogen and oxygen atoms in total. The molecule has 0 unspecified atom stereocenters. The smallest absolute Gasteiger partial charge is 0.245 e. The number of hydrogen-bond acceptors (Lipinski definition) is 3. The van der Waals surface area contributed by atoms with Gasteiger partial charge in [-0.1, -0.05) is 73.7 Å². The number of amides is 1. The fraction of sp³-hybridized carbons (Fsp3) is 0.250. The van der Waals surface area contributed by atoms with Gasteiger partial charge in [0.2, 0.25) is 5.91 Å². The van der Waals surface area contributed by atoms with Crippen molar-refractivity contribution in [2.75, 3.05) is 27.2 Å². The molecule has 0 fully saturated rings. The number of rotatable bonds is 11. The molecule has 1 aromatic heterocycles. The van der Waals surface area contributed by atoms with Crippen LogP contribution in [-0.2, 0) is 11.2 Å². The Morgan fingerprint density at radius 2 is 1.70 bits per heavy atom. The minimum absolute atomic E-state index is 0.0247. The zero-order valence-electron chi connectivity index (χ0n) is 22.0. The highest BCUT2D eigenvalue weighted by Crippen LogP contribution is 2.35. The van der Waals surface area contributed by atoms with E-state index in [2.05, 4.69) is 95.2 Å². The Kier molecular flexibility index (Phi) is 9.06. The third-order valence-electron chi connectivity index (χ3n) is 6.53. The zero-order valence-corrected chi connectivity index (χ0v) is 22.0. The van der Waals surface area contributed by atoms with E-state index in [1.165, 1.54) is 33.4 Å². The number of likely N-dealkylation sites (N-methyl/N-ethyl adjacent to an activating group) is 1. The molecule has 1 amide bonds. The summed E-state index contributed by atoms with van der Waals surface area (Å²) in [4.78, 5) is 13.2. The van der Waals surface area contributed by atoms with Crippen LogP contribution >= 0.6 is 0 Å². The molecule has 0 aliphatic rings. The van der Waals surface area contributed by atoms with E-state index in [1.807, 2.05) is 12.3 Å². The van der Waals surface area contributed by atoms with Crippen molar-refractivity contribution in [2.24, 2.45) is 0 Å². The minimum Gasteiger partial charge on any atom is -0.345 e. The van der Waals surface area contributed by atoms with Crippen molar-refractivity contribution in [3.05, 3.63) is 113 Å². The molecule has 0 atom stereocenters. The number of carbonyl (C=O) groups is 1. The lowest BCUT2D eigenvalue weighted by Gasteiger charge is -2.17. The molecule has 0 aliphatic heterocycles. The van der Waals surface area contributed by atoms with E-state index in [9.17, 15) is 4.79 Å². The molecule has 2 N–H and O–H groups in total. The summed E-state index contributed by atoms with van der Waals surface area (Å²) in [5.74, 6) is 0.0247. The van der Waals surface area contributed by atoms with E-state index in [0.717, 1.165) is 43.3 Å². The molecule has 4 aromatic rings. The third kappa shape index (κ3) is 6.83. The highest BCUT2D eigenvalue weighted by atomic mass is 16.2. The molecular weight excluding hydrogens is 456 g/mol. The summed E-state index contributed by atoms with van der Waals surface area (Å²) in [6.45, 7) is 3.98. The number of H-pyrrole nitrogens is 1. The van der Waals surface area contributed by atoms with Gasteiger partial charge in [-0.25, -0.2) is 0 Å². The molecule has 3 aromatic carbocycles. The van der Waals surface area contributed by atoms with Crippen molar-refractivity contribution in [2.45, 2.75) is 26.2 Å². The van der Waals surface area contributed by atoms with Crippen LogP contribution in [0.2, 0.25) is 0 Å². The number of nitrogens with zero attached hydrogens (tertiary/aromatic N) is 2. The Morgan fingerprint density at radius 3 is 2.43 bits per heavy atom. The molecule has 0 aliphatic carbocycles. The molecule has 0 spiro atoms. The molecule has 4 rings (SSSR count). The summed E-state index contributed by atoms with van der Waals surface area (Å²) in [7, 11) is 3.52. The summed E-state index contributed by atoms with van der Waals surface area (Å²) < 4.78 is 0. The van der Waals surface area contributed by atoms with Gasteiger partial charge >= 0.3 is 0 Å². The van der Waals surface area contributed by atoms with Crippen LogP contribution in [0.3, 0.4) is 0 Å². The Bertz CT molecular complexity index is 1360. The van der Waals surface area contributed by atoms with Gasteiger partial charge in [-0.15, -0.1) is 0 Å². The molecular formula is C32H36N4O. The predicted molar refractivity (Wildman–Crippen MR) is 154 cm³/mol. The second kappa shape index (κ2) is 12.8. The number of fused-ring (bicyclic) bond motifs is 1. The summed E-state index contributed by atoms with van der Waals surface area (Å²) in [6, 6.07) is 26.2. The second-order valence-corrected chi connectivity index (χ2v) is 9.37. The Balaban J connectivity index is 1.50. The Labute approximate surface area is 219 Å². The van der Waals surface area contributed by atoms with Gasteiger partial charge in [0.25, 0.3) is 0 Å². The molecule has 0 saturated heterocycles. The van der Waals surface area contributed by atoms with Crippen molar-refractivity contribution in [1.29, 1.82) is 0 Å². The topological polar surface area (TPSA) is 61.0 Å². The van der Waals surface area contributed by atoms with Crippen molar-refractivity contribution in [3.63, 3.8) is 0 Å². The van der Waals surface area contributed by atoms with E-state index in [0.29, 0.717) is 0 Å². The maximum Gasteiger partial charge on any atom is 0.245 e. The first-order valence-electron chi connectivity index (χ1n) is 13.0. The van der Waals surface area contributed by atoms with Crippen LogP contribution in [0.5, 0.6) is 0 Å². The largest absolute Gasteiger partial charge is 0.345 e. The van der Waals surface area contributed by atoms with Crippen LogP contribution < -0.4 is 5.32 Å². The first kappa shape index (κ1) is 26.1. The molecule has 0 saturated carbocycles. The summed E-state index contributed by atoms with van der Waals surface area (Å²) in [6.07, 6.45) is 8.18. The van der Waals surface area contributed by atoms with Crippen molar-refractivity contribution >= 4 is 28.0 Å². The number of allylic oxidation sites excluding steroid dienone is 1. The Hall–Kier alpha value is -3.96. The highest BCUT2D eigenvalue weighted by molar-refractivity contribution is 6.00. The van der Waals surface area contributed by atoms with Gasteiger partial charge in [0.1, 0.15) is 0 Å². The Morgan fingerprint density at radius 1 is 0.946 bits per heavy atom. The highest BCUT2D eigenvalue weighted by Gasteiger charge is 2.14. The van der Waals surface area contributed by atoms with Crippen LogP contribution in [0.1, 0.15) is 42.0 Å². The number of aromatic nitrogens is 2. The van der Waals surface area contributed by atoms with Crippen molar-refractivity contribution in [3.8, 4) is 0 Å². The second-order valence-electron chi connectivity index (χ2n) is 9.37. The number of benzene rings is 3. The summed E-state index contributed by atoms with van der Waals surface area (Å²) >= 11 is 0. The SMILES string of the molecule is CC/C(=C(/c1ccc(CCNCC/C=C/C(=O)N(C)C)cc1)c1ccc2[nH]ncc2c1)c1ccccc1. The maximum atomic E-state index is 11.6. The normalized spacial score (nSPS) is 12.2. The fourth-order valence-corrected chi connectivity index (χ4v) is 4.49. The van der Waals surface area contributed by atoms with E-state index >= 15 is 0 Å². The van der Waals surface area contributed by atoms with Gasteiger partial charge in [0, 0.05) is 19.5 Å². The summed E-state index contributed by atoms with van der Waals surface area (Å²) in [5.41, 5.74) is 8.61. The van der Waals surface area contributed by atoms with Crippen LogP contribution in [-0.4, -0.2) is 48.2 Å². The molecule has 0 bridgehead atoms. The van der Waals surface area contributed by atoms with Gasteiger partial charge in [-0.2, -0.15) is 5.10 Å². The molecule has 1 heterocycles. The van der Waals surface area contributed by atoms with E-state index < -0.39 is 0 Å². The maximum absolute atomic E-state index is 11.6. The van der Waals surface area contributed by atoms with Gasteiger partial charge in [0.05, 0.1) is 11.7 Å². The zero-order chi connectivity index (χ0) is 26.0. The van der Waals surface area contributed by atoms with Gasteiger partial charge < -0.3 is 10.2 Å². The molecule has 37 heavy (non-hydrogen) atoms. The molecule has 0 radical (unpaired) electrons. The molecule has 190 valence electrons. The van der Waals surface area contributed by atoms with Gasteiger partial charge in [-0.3, -0.25) is 9.89 Å². The number of carbonyl (C=O) groups excluding carboxylic acids is 1. The van der Waals surface area contributed by atoms with Crippen LogP contribution in [0.25, 0.3) is 22.0 Å². The third-order valence-corrected chi connectivity index (χ3v) is 6.53. The van der Waals surface area contributed by atoms with Gasteiger partial charge in [-0.05, 0) is 84.0 Å². The predicted octanol–water partition coefficient (Wildman–Crippen LogP) is 6.10. The average molecular weight is 493 g/mol. The summed E-state index contributed by atoms with van der Waals surface area (Å²) in [5, 5.41) is 11.9. The first-order valence-corrected chi connectivity index (χ1v) is 13.0. The quantitative estimate of drug-likeness (QED) is 0.151. The average Bonchev–Trinajstić information content (AvgIpc) is 3.40. The van der Waals surface area contributed by atoms with E-state index in [4.69, 9.17) is 0 Å². The van der Waals surface area contributed by atoms with E-state index in [1.54, 1.807) is 25.1 Å². The van der Waals surface area contributed by atoms with Crippen molar-refractivity contribution in [1.82, 2.24) is 20.4 Å². The van der Waals surface area contributed by atoms with Crippen molar-refractivity contribution < 1.29 is 4.79 Å². The monoisotopic (exact) mass is 492 g/mol. The number of hydrogen-bond donors (Lipinski definition) is 2. The minimum atomic E-state index is 0.0247. The van der Waals surface area contributed by atoms with Crippen LogP contribution in [0.4, 0.5) is 0 Å². The van der Waals surface area contributed by atoms with E-state index in [-0.39, 0.29) is 5.91 Å². The first-order chi connectivity index (χ1) is 18.1. The number of nitrogens with one attached hydrogen (secondary N) is 2. The fourth-order valence-electron chi connectivity index (χ4n) is 4.49. The molecule has 5 heteroatoms. The number of aromatic amines is 1. The standard InChI is InChI=1S/C32H36N4O/c1-4-29(25-10-6-5-7-11-25)32(27-17-18-30-28(22-27)23-34-35-30)26-15-13-24(14-16-26)19-21-33-20-9-8-12-31(37)36(2)3/h5-8,10-18,22-23,33H,4,9,19-21H2,1-3H3,(H,34,35)/b12-8+,32-29+. The van der Waals surface area contributed by atoms with Crippen LogP contribution in [0, 0.1) is 0 Å². The lowest BCUT2D eigenvalue weighted by atomic mass is 9.87.